The monoisotopic (exact) mass is 409 g/mol. The number of hydrogen-bond acceptors (Lipinski definition) is 6. The first-order valence-corrected chi connectivity index (χ1v) is 9.64. The van der Waals surface area contributed by atoms with Gasteiger partial charge in [-0.15, -0.1) is 0 Å². The number of hydrazine groups is 1. The van der Waals surface area contributed by atoms with Crippen molar-refractivity contribution in [2.75, 3.05) is 32.9 Å². The molecule has 0 N–H and O–H groups in total. The van der Waals surface area contributed by atoms with Crippen molar-refractivity contribution >= 4 is 0 Å². The molecule has 9 heteroatoms. The molecule has 156 valence electrons. The summed E-state index contributed by atoms with van der Waals surface area (Å²) in [4.78, 5) is 0. The summed E-state index contributed by atoms with van der Waals surface area (Å²) in [5.41, 5.74) is 1.64. The average Bonchev–Trinajstić information content (AvgIpc) is 3.26. The molecule has 29 heavy (non-hydrogen) atoms. The minimum atomic E-state index is -4.29. The third-order valence-electron chi connectivity index (χ3n) is 5.26. The number of fused-ring (bicyclic) bond motifs is 2. The number of benzene rings is 1. The Hall–Kier alpha value is -2.44. The van der Waals surface area contributed by atoms with Gasteiger partial charge in [0.05, 0.1) is 24.2 Å². The van der Waals surface area contributed by atoms with E-state index in [0.717, 1.165) is 30.2 Å². The number of hydrogen-bond donors (Lipinski definition) is 0. The van der Waals surface area contributed by atoms with E-state index >= 15 is 0 Å². The number of ether oxygens (including phenoxy) is 3. The minimum absolute atomic E-state index is 0.0661. The first kappa shape index (κ1) is 19.9. The summed E-state index contributed by atoms with van der Waals surface area (Å²) in [6.45, 7) is 0.786. The van der Waals surface area contributed by atoms with E-state index in [1.54, 1.807) is 6.07 Å². The fourth-order valence-electron chi connectivity index (χ4n) is 3.94. The van der Waals surface area contributed by atoms with Gasteiger partial charge in [-0.1, -0.05) is 0 Å². The summed E-state index contributed by atoms with van der Waals surface area (Å²) < 4.78 is 52.8. The van der Waals surface area contributed by atoms with Crippen LogP contribution in [-0.2, 0) is 15.9 Å². The van der Waals surface area contributed by atoms with E-state index in [4.69, 9.17) is 14.7 Å². The minimum Gasteiger partial charge on any atom is -0.492 e. The van der Waals surface area contributed by atoms with Gasteiger partial charge in [-0.3, -0.25) is 5.01 Å². The van der Waals surface area contributed by atoms with Crippen LogP contribution in [0, 0.1) is 11.3 Å². The molecule has 0 saturated carbocycles. The Morgan fingerprint density at radius 2 is 2.17 bits per heavy atom. The van der Waals surface area contributed by atoms with E-state index in [9.17, 15) is 13.2 Å². The van der Waals surface area contributed by atoms with Crippen molar-refractivity contribution in [1.29, 1.82) is 5.26 Å². The van der Waals surface area contributed by atoms with E-state index < -0.39 is 12.8 Å². The second kappa shape index (κ2) is 8.13. The second-order valence-corrected chi connectivity index (χ2v) is 7.40. The molecule has 1 saturated heterocycles. The van der Waals surface area contributed by atoms with Gasteiger partial charge in [-0.2, -0.15) is 18.4 Å². The van der Waals surface area contributed by atoms with E-state index in [-0.39, 0.29) is 18.8 Å². The third-order valence-corrected chi connectivity index (χ3v) is 5.26. The molecule has 3 heterocycles. The molecule has 1 unspecified atom stereocenters. The quantitative estimate of drug-likeness (QED) is 0.674. The molecule has 1 aromatic carbocycles. The lowest BCUT2D eigenvalue weighted by Gasteiger charge is -2.37. The Labute approximate surface area is 167 Å². The Morgan fingerprint density at radius 1 is 1.31 bits per heavy atom. The molecule has 2 atom stereocenters. The lowest BCUT2D eigenvalue weighted by atomic mass is 10.00. The molecule has 3 aliphatic heterocycles. The number of alkyl halides is 3. The number of halogens is 3. The number of nitrogens with zero attached hydrogens (tertiary/aromatic N) is 3. The van der Waals surface area contributed by atoms with Gasteiger partial charge in [0, 0.05) is 13.2 Å². The Morgan fingerprint density at radius 3 is 2.97 bits per heavy atom. The molecule has 0 radical (unpaired) electrons. The highest BCUT2D eigenvalue weighted by molar-refractivity contribution is 5.43. The summed E-state index contributed by atoms with van der Waals surface area (Å²) in [7, 11) is 0. The van der Waals surface area contributed by atoms with Gasteiger partial charge >= 0.3 is 6.18 Å². The van der Waals surface area contributed by atoms with Crippen molar-refractivity contribution in [1.82, 2.24) is 10.0 Å². The SMILES string of the molecule is N#Cc1ccc2c(c1)C[C@@H](N1CC=C3OC(CCCOCC(F)(F)F)CN31)CO2. The topological polar surface area (TPSA) is 58.0 Å². The van der Waals surface area contributed by atoms with E-state index in [2.05, 4.69) is 20.8 Å². The summed E-state index contributed by atoms with van der Waals surface area (Å²) in [5.74, 6) is 1.62. The smallest absolute Gasteiger partial charge is 0.411 e. The molecule has 1 fully saturated rings. The van der Waals surface area contributed by atoms with Crippen LogP contribution in [0.4, 0.5) is 13.2 Å². The fraction of sp³-hybridized carbons (Fsp3) is 0.550. The van der Waals surface area contributed by atoms with Gasteiger partial charge in [-0.25, -0.2) is 5.01 Å². The van der Waals surface area contributed by atoms with E-state index in [1.165, 1.54) is 0 Å². The van der Waals surface area contributed by atoms with Crippen molar-refractivity contribution in [3.8, 4) is 11.8 Å². The van der Waals surface area contributed by atoms with Gasteiger partial charge in [0.15, 0.2) is 0 Å². The summed E-state index contributed by atoms with van der Waals surface area (Å²) in [5, 5.41) is 13.4. The number of rotatable bonds is 6. The highest BCUT2D eigenvalue weighted by atomic mass is 19.4. The maximum atomic E-state index is 12.1. The highest BCUT2D eigenvalue weighted by Crippen LogP contribution is 2.34. The Balaban J connectivity index is 1.28. The number of nitriles is 1. The van der Waals surface area contributed by atoms with Crippen LogP contribution < -0.4 is 4.74 Å². The largest absolute Gasteiger partial charge is 0.492 e. The molecule has 1 aromatic rings. The summed E-state index contributed by atoms with van der Waals surface area (Å²) in [6, 6.07) is 7.75. The van der Waals surface area contributed by atoms with Gasteiger partial charge in [0.2, 0.25) is 5.88 Å². The van der Waals surface area contributed by atoms with Crippen LogP contribution in [0.3, 0.4) is 0 Å². The van der Waals surface area contributed by atoms with Crippen LogP contribution in [0.15, 0.2) is 30.2 Å². The van der Waals surface area contributed by atoms with Crippen LogP contribution in [0.2, 0.25) is 0 Å². The predicted octanol–water partition coefficient (Wildman–Crippen LogP) is 2.99. The van der Waals surface area contributed by atoms with Crippen LogP contribution in [0.1, 0.15) is 24.0 Å². The van der Waals surface area contributed by atoms with Crippen LogP contribution >= 0.6 is 0 Å². The molecule has 3 aliphatic rings. The fourth-order valence-corrected chi connectivity index (χ4v) is 3.94. The van der Waals surface area contributed by atoms with Gasteiger partial charge in [-0.05, 0) is 49.1 Å². The first-order valence-electron chi connectivity index (χ1n) is 9.64. The molecule has 6 nitrogen and oxygen atoms in total. The average molecular weight is 409 g/mol. The van der Waals surface area contributed by atoms with Crippen molar-refractivity contribution in [2.45, 2.75) is 37.6 Å². The van der Waals surface area contributed by atoms with Gasteiger partial charge in [0.1, 0.15) is 25.1 Å². The molecule has 0 aromatic heterocycles. The van der Waals surface area contributed by atoms with Crippen molar-refractivity contribution < 1.29 is 27.4 Å². The molecule has 0 amide bonds. The molecule has 4 rings (SSSR count). The zero-order valence-electron chi connectivity index (χ0n) is 15.8. The highest BCUT2D eigenvalue weighted by Gasteiger charge is 2.40. The molecular formula is C20H22F3N3O3. The van der Waals surface area contributed by atoms with E-state index in [1.807, 2.05) is 18.2 Å². The molecule has 0 bridgehead atoms. The molecule has 0 spiro atoms. The second-order valence-electron chi connectivity index (χ2n) is 7.40. The normalized spacial score (nSPS) is 23.7. The lowest BCUT2D eigenvalue weighted by molar-refractivity contribution is -0.174. The lowest BCUT2D eigenvalue weighted by Crippen LogP contribution is -2.49. The standard InChI is InChI=1S/C20H22F3N3O3/c21-20(22,23)13-27-7-1-2-17-11-26-19(29-17)5-6-25(26)16-9-15-8-14(10-24)3-4-18(15)28-12-16/h3-5,8,16-17H,1-2,6-7,9,11-13H2/t16-,17?/m1/s1. The van der Waals surface area contributed by atoms with Gasteiger partial charge < -0.3 is 14.2 Å². The Bertz CT molecular complexity index is 821. The summed E-state index contributed by atoms with van der Waals surface area (Å²) in [6.07, 6.45) is -0.416. The van der Waals surface area contributed by atoms with Crippen LogP contribution in [-0.4, -0.2) is 61.3 Å². The zero-order chi connectivity index (χ0) is 20.4. The summed E-state index contributed by atoms with van der Waals surface area (Å²) >= 11 is 0. The molecule has 0 aliphatic carbocycles. The predicted molar refractivity (Wildman–Crippen MR) is 96.6 cm³/mol. The van der Waals surface area contributed by atoms with Crippen molar-refractivity contribution in [2.24, 2.45) is 0 Å². The Kier molecular flexibility index (Phi) is 5.56. The molecular weight excluding hydrogens is 387 g/mol. The van der Waals surface area contributed by atoms with Crippen LogP contribution in [0.25, 0.3) is 0 Å². The zero-order valence-corrected chi connectivity index (χ0v) is 15.8. The van der Waals surface area contributed by atoms with E-state index in [0.29, 0.717) is 31.6 Å². The third kappa shape index (κ3) is 4.60. The van der Waals surface area contributed by atoms with Crippen LogP contribution in [0.5, 0.6) is 5.75 Å². The van der Waals surface area contributed by atoms with Crippen molar-refractivity contribution in [3.63, 3.8) is 0 Å². The maximum absolute atomic E-state index is 12.1. The van der Waals surface area contributed by atoms with Crippen molar-refractivity contribution in [3.05, 3.63) is 41.3 Å². The first-order chi connectivity index (χ1) is 13.9. The van der Waals surface area contributed by atoms with Gasteiger partial charge in [0.25, 0.3) is 0 Å². The maximum Gasteiger partial charge on any atom is 0.411 e.